The molecule has 5 heteroatoms. The molecule has 0 fully saturated rings. The molecular weight excluding hydrogens is 232 g/mol. The molecule has 0 aliphatic rings. The van der Waals surface area contributed by atoms with Crippen molar-refractivity contribution < 1.29 is 14.3 Å². The first kappa shape index (κ1) is 14.5. The van der Waals surface area contributed by atoms with Crippen LogP contribution in [0, 0.1) is 0 Å². The number of anilines is 1. The summed E-state index contributed by atoms with van der Waals surface area (Å²) in [6.45, 7) is 4.54. The van der Waals surface area contributed by atoms with E-state index in [9.17, 15) is 4.79 Å². The van der Waals surface area contributed by atoms with Gasteiger partial charge in [0, 0.05) is 24.9 Å². The maximum absolute atomic E-state index is 11.7. The van der Waals surface area contributed by atoms with Crippen LogP contribution >= 0.6 is 0 Å². The van der Waals surface area contributed by atoms with Gasteiger partial charge in [-0.25, -0.2) is 0 Å². The number of hydrogen-bond donors (Lipinski definition) is 2. The number of amides is 1. The lowest BCUT2D eigenvalue weighted by atomic mass is 10.1. The molecule has 5 nitrogen and oxygen atoms in total. The summed E-state index contributed by atoms with van der Waals surface area (Å²) in [5, 5.41) is 2.76. The van der Waals surface area contributed by atoms with Gasteiger partial charge in [-0.05, 0) is 32.0 Å². The second-order valence-corrected chi connectivity index (χ2v) is 3.83. The normalized spacial score (nSPS) is 12.0. The van der Waals surface area contributed by atoms with E-state index in [4.69, 9.17) is 15.2 Å². The van der Waals surface area contributed by atoms with Crippen molar-refractivity contribution >= 4 is 11.6 Å². The minimum Gasteiger partial charge on any atom is -0.494 e. The molecule has 0 saturated heterocycles. The van der Waals surface area contributed by atoms with E-state index in [1.54, 1.807) is 19.1 Å². The fraction of sp³-hybridized carbons (Fsp3) is 0.462. The average molecular weight is 252 g/mol. The van der Waals surface area contributed by atoms with E-state index < -0.39 is 6.10 Å². The first-order valence-electron chi connectivity index (χ1n) is 5.91. The molecule has 1 atom stereocenters. The van der Waals surface area contributed by atoms with Crippen LogP contribution in [0.25, 0.3) is 0 Å². The Hall–Kier alpha value is -1.59. The van der Waals surface area contributed by atoms with Gasteiger partial charge in [-0.2, -0.15) is 0 Å². The molecule has 0 saturated carbocycles. The second-order valence-electron chi connectivity index (χ2n) is 3.83. The molecule has 1 aromatic carbocycles. The number of carbonyl (C=O) groups is 1. The van der Waals surface area contributed by atoms with Crippen LogP contribution in [-0.2, 0) is 16.1 Å². The van der Waals surface area contributed by atoms with Gasteiger partial charge < -0.3 is 20.5 Å². The molecule has 3 N–H and O–H groups in total. The standard InChI is InChI=1S/C13H20N2O3/c1-4-18-12-6-5-11(7-10(12)8-14)15-13(16)9(2)17-3/h5-7,9H,4,8,14H2,1-3H3,(H,15,16). The Kier molecular flexibility index (Phi) is 5.61. The van der Waals surface area contributed by atoms with Crippen LogP contribution < -0.4 is 15.8 Å². The van der Waals surface area contributed by atoms with Crippen LogP contribution in [0.5, 0.6) is 5.75 Å². The molecule has 0 aliphatic carbocycles. The summed E-state index contributed by atoms with van der Waals surface area (Å²) in [6, 6.07) is 5.40. The van der Waals surface area contributed by atoms with Gasteiger partial charge in [0.25, 0.3) is 5.91 Å². The third-order valence-corrected chi connectivity index (χ3v) is 2.57. The number of benzene rings is 1. The Labute approximate surface area is 107 Å². The highest BCUT2D eigenvalue weighted by atomic mass is 16.5. The van der Waals surface area contributed by atoms with E-state index in [1.807, 2.05) is 13.0 Å². The molecule has 1 aromatic rings. The highest BCUT2D eigenvalue weighted by molar-refractivity contribution is 5.94. The van der Waals surface area contributed by atoms with Gasteiger partial charge in [-0.15, -0.1) is 0 Å². The molecule has 0 heterocycles. The van der Waals surface area contributed by atoms with Crippen molar-refractivity contribution in [2.24, 2.45) is 5.73 Å². The SMILES string of the molecule is CCOc1ccc(NC(=O)C(C)OC)cc1CN. The highest BCUT2D eigenvalue weighted by Crippen LogP contribution is 2.22. The molecule has 1 rings (SSSR count). The van der Waals surface area contributed by atoms with Crippen LogP contribution in [0.3, 0.4) is 0 Å². The lowest BCUT2D eigenvalue weighted by molar-refractivity contribution is -0.124. The molecule has 0 radical (unpaired) electrons. The Bertz CT molecular complexity index is 407. The smallest absolute Gasteiger partial charge is 0.253 e. The number of carbonyl (C=O) groups excluding carboxylic acids is 1. The molecule has 18 heavy (non-hydrogen) atoms. The minimum absolute atomic E-state index is 0.190. The first-order valence-corrected chi connectivity index (χ1v) is 5.91. The summed E-state index contributed by atoms with van der Waals surface area (Å²) in [4.78, 5) is 11.7. The molecule has 0 spiro atoms. The summed E-state index contributed by atoms with van der Waals surface area (Å²) in [5.74, 6) is 0.558. The third kappa shape index (κ3) is 3.72. The van der Waals surface area contributed by atoms with Gasteiger partial charge in [-0.3, -0.25) is 4.79 Å². The van der Waals surface area contributed by atoms with E-state index in [1.165, 1.54) is 7.11 Å². The van der Waals surface area contributed by atoms with Crippen LogP contribution in [0.1, 0.15) is 19.4 Å². The Balaban J connectivity index is 2.82. The average Bonchev–Trinajstić information content (AvgIpc) is 2.39. The van der Waals surface area contributed by atoms with Gasteiger partial charge in [0.2, 0.25) is 0 Å². The highest BCUT2D eigenvalue weighted by Gasteiger charge is 2.12. The third-order valence-electron chi connectivity index (χ3n) is 2.57. The maximum atomic E-state index is 11.7. The predicted octanol–water partition coefficient (Wildman–Crippen LogP) is 1.52. The Morgan fingerprint density at radius 2 is 2.22 bits per heavy atom. The van der Waals surface area contributed by atoms with Gasteiger partial charge in [-0.1, -0.05) is 0 Å². The van der Waals surface area contributed by atoms with E-state index in [-0.39, 0.29) is 5.91 Å². The van der Waals surface area contributed by atoms with Gasteiger partial charge in [0.05, 0.1) is 6.61 Å². The van der Waals surface area contributed by atoms with Gasteiger partial charge in [0.15, 0.2) is 0 Å². The molecule has 1 unspecified atom stereocenters. The fourth-order valence-corrected chi connectivity index (χ4v) is 1.46. The summed E-state index contributed by atoms with van der Waals surface area (Å²) < 4.78 is 10.4. The topological polar surface area (TPSA) is 73.6 Å². The predicted molar refractivity (Wildman–Crippen MR) is 70.6 cm³/mol. The van der Waals surface area contributed by atoms with Crippen molar-refractivity contribution in [1.82, 2.24) is 0 Å². The summed E-state index contributed by atoms with van der Waals surface area (Å²) in [5.41, 5.74) is 7.20. The van der Waals surface area contributed by atoms with Crippen LogP contribution in [-0.4, -0.2) is 25.7 Å². The van der Waals surface area contributed by atoms with Crippen molar-refractivity contribution in [3.63, 3.8) is 0 Å². The monoisotopic (exact) mass is 252 g/mol. The zero-order valence-corrected chi connectivity index (χ0v) is 11.0. The van der Waals surface area contributed by atoms with Crippen molar-refractivity contribution in [3.8, 4) is 5.75 Å². The molecule has 0 aliphatic heterocycles. The van der Waals surface area contributed by atoms with Gasteiger partial charge >= 0.3 is 0 Å². The lowest BCUT2D eigenvalue weighted by Gasteiger charge is -2.13. The Morgan fingerprint density at radius 3 is 2.78 bits per heavy atom. The second kappa shape index (κ2) is 6.98. The lowest BCUT2D eigenvalue weighted by Crippen LogP contribution is -2.26. The number of ether oxygens (including phenoxy) is 2. The van der Waals surface area contributed by atoms with Crippen LogP contribution in [0.4, 0.5) is 5.69 Å². The number of methoxy groups -OCH3 is 1. The van der Waals surface area contributed by atoms with E-state index in [2.05, 4.69) is 5.32 Å². The number of rotatable bonds is 6. The molecule has 1 amide bonds. The first-order chi connectivity index (χ1) is 8.62. The van der Waals surface area contributed by atoms with E-state index in [0.29, 0.717) is 18.8 Å². The summed E-state index contributed by atoms with van der Waals surface area (Å²) >= 11 is 0. The molecule has 0 bridgehead atoms. The molecule has 0 aromatic heterocycles. The van der Waals surface area contributed by atoms with Crippen molar-refractivity contribution in [3.05, 3.63) is 23.8 Å². The number of nitrogens with one attached hydrogen (secondary N) is 1. The Morgan fingerprint density at radius 1 is 1.50 bits per heavy atom. The quantitative estimate of drug-likeness (QED) is 0.805. The minimum atomic E-state index is -0.488. The molecular formula is C13H20N2O3. The molecule has 100 valence electrons. The maximum Gasteiger partial charge on any atom is 0.253 e. The van der Waals surface area contributed by atoms with Crippen molar-refractivity contribution in [2.75, 3.05) is 19.0 Å². The van der Waals surface area contributed by atoms with Crippen molar-refractivity contribution in [2.45, 2.75) is 26.5 Å². The summed E-state index contributed by atoms with van der Waals surface area (Å²) in [7, 11) is 1.49. The number of hydrogen-bond acceptors (Lipinski definition) is 4. The van der Waals surface area contributed by atoms with Crippen LogP contribution in [0.2, 0.25) is 0 Å². The largest absolute Gasteiger partial charge is 0.494 e. The van der Waals surface area contributed by atoms with E-state index in [0.717, 1.165) is 11.3 Å². The number of nitrogens with two attached hydrogens (primary N) is 1. The van der Waals surface area contributed by atoms with E-state index >= 15 is 0 Å². The van der Waals surface area contributed by atoms with Gasteiger partial charge in [0.1, 0.15) is 11.9 Å². The summed E-state index contributed by atoms with van der Waals surface area (Å²) in [6.07, 6.45) is -0.488. The zero-order valence-electron chi connectivity index (χ0n) is 11.0. The zero-order chi connectivity index (χ0) is 13.5. The van der Waals surface area contributed by atoms with Crippen molar-refractivity contribution in [1.29, 1.82) is 0 Å². The van der Waals surface area contributed by atoms with Crippen LogP contribution in [0.15, 0.2) is 18.2 Å². The fourth-order valence-electron chi connectivity index (χ4n) is 1.46.